The molecule has 0 saturated carbocycles. The van der Waals surface area contributed by atoms with Crippen molar-refractivity contribution in [2.45, 2.75) is 12.8 Å². The van der Waals surface area contributed by atoms with Crippen molar-refractivity contribution in [2.75, 3.05) is 32.7 Å². The average Bonchev–Trinajstić information content (AvgIpc) is 2.05. The summed E-state index contributed by atoms with van der Waals surface area (Å²) in [6, 6.07) is 0. The molecule has 2 N–H and O–H groups in total. The van der Waals surface area contributed by atoms with E-state index in [1.54, 1.807) is 5.01 Å². The summed E-state index contributed by atoms with van der Waals surface area (Å²) in [6.45, 7) is 2.50. The molecule has 0 unspecified atom stereocenters. The third-order valence-corrected chi connectivity index (χ3v) is 2.99. The predicted octanol–water partition coefficient (Wildman–Crippen LogP) is 0.827. The van der Waals surface area contributed by atoms with Crippen LogP contribution in [0.25, 0.3) is 0 Å². The van der Waals surface area contributed by atoms with E-state index >= 15 is 0 Å². The number of nitrogens with zero attached hydrogens (tertiary/aromatic N) is 1. The molecule has 0 aromatic rings. The first-order chi connectivity index (χ1) is 5.68. The third-order valence-electron chi connectivity index (χ3n) is 2.42. The molecule has 1 fully saturated rings. The highest BCUT2D eigenvalue weighted by Gasteiger charge is 2.32. The zero-order valence-electron chi connectivity index (χ0n) is 7.55. The predicted molar refractivity (Wildman–Crippen MR) is 50.0 cm³/mol. The highest BCUT2D eigenvalue weighted by Crippen LogP contribution is 2.31. The van der Waals surface area contributed by atoms with E-state index in [9.17, 15) is 0 Å². The van der Waals surface area contributed by atoms with Gasteiger partial charge in [0.25, 0.3) is 0 Å². The number of hydrogen-bond donors (Lipinski definition) is 1. The molecule has 0 aromatic heterocycles. The Kier molecular flexibility index (Phi) is 3.77. The van der Waals surface area contributed by atoms with E-state index in [0.29, 0.717) is 5.88 Å². The van der Waals surface area contributed by atoms with Crippen molar-refractivity contribution in [1.82, 2.24) is 5.01 Å². The fourth-order valence-electron chi connectivity index (χ4n) is 1.67. The number of rotatable bonds is 3. The van der Waals surface area contributed by atoms with Gasteiger partial charge in [0, 0.05) is 38.1 Å². The molecule has 1 aliphatic heterocycles. The Morgan fingerprint density at radius 1 is 1.50 bits per heavy atom. The number of nitrogens with two attached hydrogens (primary N) is 1. The van der Waals surface area contributed by atoms with Gasteiger partial charge in [-0.25, -0.2) is 5.01 Å². The molecule has 1 heterocycles. The zero-order valence-corrected chi connectivity index (χ0v) is 8.31. The van der Waals surface area contributed by atoms with E-state index < -0.39 is 0 Å². The minimum absolute atomic E-state index is 0.184. The zero-order chi connectivity index (χ0) is 9.03. The molecule has 4 heteroatoms. The molecule has 0 amide bonds. The van der Waals surface area contributed by atoms with Crippen LogP contribution in [0.2, 0.25) is 0 Å². The summed E-state index contributed by atoms with van der Waals surface area (Å²) in [5.74, 6) is 6.30. The average molecular weight is 193 g/mol. The molecule has 12 heavy (non-hydrogen) atoms. The Morgan fingerprint density at radius 2 is 2.08 bits per heavy atom. The molecule has 3 nitrogen and oxygen atoms in total. The normalized spacial score (nSPS) is 23.0. The van der Waals surface area contributed by atoms with Crippen LogP contribution in [0.1, 0.15) is 12.8 Å². The maximum absolute atomic E-state index is 5.94. The van der Waals surface area contributed by atoms with Gasteiger partial charge in [0.1, 0.15) is 0 Å². The number of ether oxygens (including phenoxy) is 1. The van der Waals surface area contributed by atoms with Crippen LogP contribution in [0.5, 0.6) is 0 Å². The second-order valence-electron chi connectivity index (χ2n) is 3.66. The Labute approximate surface area is 78.8 Å². The molecule has 0 aliphatic carbocycles. The second kappa shape index (κ2) is 4.42. The lowest BCUT2D eigenvalue weighted by atomic mass is 9.82. The summed E-state index contributed by atoms with van der Waals surface area (Å²) in [7, 11) is 1.88. The van der Waals surface area contributed by atoms with Gasteiger partial charge < -0.3 is 4.74 Å². The van der Waals surface area contributed by atoms with Crippen LogP contribution in [0.15, 0.2) is 0 Å². The lowest BCUT2D eigenvalue weighted by molar-refractivity contribution is 0.0107. The SMILES string of the molecule is CN(N)CC1(CCl)CCOCC1. The molecule has 0 aromatic carbocycles. The smallest absolute Gasteiger partial charge is 0.0472 e. The molecule has 1 aliphatic rings. The Morgan fingerprint density at radius 3 is 2.50 bits per heavy atom. The van der Waals surface area contributed by atoms with Crippen molar-refractivity contribution >= 4 is 11.6 Å². The van der Waals surface area contributed by atoms with Gasteiger partial charge in [-0.1, -0.05) is 0 Å². The minimum Gasteiger partial charge on any atom is -0.381 e. The molecule has 0 atom stereocenters. The van der Waals surface area contributed by atoms with E-state index in [-0.39, 0.29) is 5.41 Å². The van der Waals surface area contributed by atoms with Gasteiger partial charge >= 0.3 is 0 Å². The molecule has 0 radical (unpaired) electrons. The summed E-state index contributed by atoms with van der Waals surface area (Å²) >= 11 is 5.94. The van der Waals surface area contributed by atoms with Crippen molar-refractivity contribution in [2.24, 2.45) is 11.3 Å². The third kappa shape index (κ3) is 2.59. The van der Waals surface area contributed by atoms with Crippen LogP contribution >= 0.6 is 11.6 Å². The fraction of sp³-hybridized carbons (Fsp3) is 1.00. The lowest BCUT2D eigenvalue weighted by Crippen LogP contribution is -2.43. The van der Waals surface area contributed by atoms with Gasteiger partial charge in [-0.15, -0.1) is 11.6 Å². The highest BCUT2D eigenvalue weighted by atomic mass is 35.5. The Hall–Kier alpha value is 0.170. The maximum atomic E-state index is 5.94. The lowest BCUT2D eigenvalue weighted by Gasteiger charge is -2.37. The summed E-state index contributed by atoms with van der Waals surface area (Å²) in [6.07, 6.45) is 2.05. The van der Waals surface area contributed by atoms with Gasteiger partial charge in [-0.05, 0) is 12.8 Å². The van der Waals surface area contributed by atoms with Gasteiger partial charge in [0.15, 0.2) is 0 Å². The molecule has 1 rings (SSSR count). The quantitative estimate of drug-likeness (QED) is 0.409. The van der Waals surface area contributed by atoms with Crippen LogP contribution in [-0.2, 0) is 4.74 Å². The van der Waals surface area contributed by atoms with E-state index in [1.165, 1.54) is 0 Å². The fourth-order valence-corrected chi connectivity index (χ4v) is 2.02. The number of hydrogen-bond acceptors (Lipinski definition) is 3. The van der Waals surface area contributed by atoms with Crippen molar-refractivity contribution < 1.29 is 4.74 Å². The summed E-state index contributed by atoms with van der Waals surface area (Å²) in [5.41, 5.74) is 0.184. The second-order valence-corrected chi connectivity index (χ2v) is 3.93. The molecular formula is C8H17ClN2O. The van der Waals surface area contributed by atoms with Crippen LogP contribution in [0.3, 0.4) is 0 Å². The van der Waals surface area contributed by atoms with E-state index in [1.807, 2.05) is 7.05 Å². The van der Waals surface area contributed by atoms with Gasteiger partial charge in [0.2, 0.25) is 0 Å². The first-order valence-electron chi connectivity index (χ1n) is 4.28. The molecule has 1 saturated heterocycles. The van der Waals surface area contributed by atoms with Crippen molar-refractivity contribution in [1.29, 1.82) is 0 Å². The Bertz CT molecular complexity index is 135. The van der Waals surface area contributed by atoms with E-state index in [0.717, 1.165) is 32.6 Å². The van der Waals surface area contributed by atoms with Crippen LogP contribution in [0.4, 0.5) is 0 Å². The van der Waals surface area contributed by atoms with E-state index in [4.69, 9.17) is 22.2 Å². The van der Waals surface area contributed by atoms with Gasteiger partial charge in [-0.2, -0.15) is 0 Å². The maximum Gasteiger partial charge on any atom is 0.0472 e. The number of hydrazine groups is 1. The molecule has 72 valence electrons. The van der Waals surface area contributed by atoms with Crippen molar-refractivity contribution in [3.63, 3.8) is 0 Å². The highest BCUT2D eigenvalue weighted by molar-refractivity contribution is 6.18. The summed E-state index contributed by atoms with van der Waals surface area (Å²) in [4.78, 5) is 0. The van der Waals surface area contributed by atoms with Crippen LogP contribution < -0.4 is 5.84 Å². The van der Waals surface area contributed by atoms with E-state index in [2.05, 4.69) is 0 Å². The molecular weight excluding hydrogens is 176 g/mol. The monoisotopic (exact) mass is 192 g/mol. The Balaban J connectivity index is 2.48. The topological polar surface area (TPSA) is 38.5 Å². The van der Waals surface area contributed by atoms with Gasteiger partial charge in [0.05, 0.1) is 0 Å². The molecule has 0 spiro atoms. The first-order valence-corrected chi connectivity index (χ1v) is 4.81. The van der Waals surface area contributed by atoms with Crippen LogP contribution in [0, 0.1) is 5.41 Å². The van der Waals surface area contributed by atoms with Gasteiger partial charge in [-0.3, -0.25) is 5.84 Å². The largest absolute Gasteiger partial charge is 0.381 e. The number of halogens is 1. The minimum atomic E-state index is 0.184. The first kappa shape index (κ1) is 10.3. The summed E-state index contributed by atoms with van der Waals surface area (Å²) in [5, 5.41) is 1.72. The van der Waals surface area contributed by atoms with Crippen LogP contribution in [-0.4, -0.2) is 37.7 Å². The van der Waals surface area contributed by atoms with Crippen molar-refractivity contribution in [3.05, 3.63) is 0 Å². The number of alkyl halides is 1. The standard InChI is InChI=1S/C8H17ClN2O/c1-11(10)7-8(6-9)2-4-12-5-3-8/h2-7,10H2,1H3. The van der Waals surface area contributed by atoms with Crippen molar-refractivity contribution in [3.8, 4) is 0 Å². The molecule has 0 bridgehead atoms. The summed E-state index contributed by atoms with van der Waals surface area (Å²) < 4.78 is 5.29.